The molecule has 0 amide bonds. The topological polar surface area (TPSA) is 47.6 Å². The normalized spacial score (nSPS) is 25.3. The summed E-state index contributed by atoms with van der Waals surface area (Å²) in [4.78, 5) is 11.7. The second-order valence-electron chi connectivity index (χ2n) is 5.24. The second-order valence-corrected chi connectivity index (χ2v) is 5.24. The van der Waals surface area contributed by atoms with Gasteiger partial charge < -0.3 is 14.8 Å². The Morgan fingerprint density at radius 2 is 1.88 bits per heavy atom. The summed E-state index contributed by atoms with van der Waals surface area (Å²) in [5.41, 5.74) is 0. The van der Waals surface area contributed by atoms with Crippen LogP contribution in [-0.2, 0) is 14.3 Å². The monoisotopic (exact) mass is 241 g/mol. The van der Waals surface area contributed by atoms with Crippen molar-refractivity contribution in [3.63, 3.8) is 0 Å². The molecular formula is C13H23NO3. The molecule has 0 spiro atoms. The summed E-state index contributed by atoms with van der Waals surface area (Å²) in [5, 5.41) is 3.47. The number of rotatable bonds is 5. The Morgan fingerprint density at radius 1 is 1.24 bits per heavy atom. The lowest BCUT2D eigenvalue weighted by Gasteiger charge is -2.31. The van der Waals surface area contributed by atoms with E-state index in [0.29, 0.717) is 17.9 Å². The first-order valence-electron chi connectivity index (χ1n) is 6.64. The second kappa shape index (κ2) is 5.83. The number of esters is 1. The van der Waals surface area contributed by atoms with Gasteiger partial charge in [0.15, 0.2) is 0 Å². The molecule has 4 nitrogen and oxygen atoms in total. The van der Waals surface area contributed by atoms with E-state index in [0.717, 1.165) is 38.9 Å². The predicted molar refractivity (Wildman–Crippen MR) is 64.7 cm³/mol. The van der Waals surface area contributed by atoms with Crippen LogP contribution in [0.1, 0.15) is 32.6 Å². The zero-order valence-corrected chi connectivity index (χ0v) is 10.8. The van der Waals surface area contributed by atoms with E-state index in [1.165, 1.54) is 7.11 Å². The Balaban J connectivity index is 1.85. The van der Waals surface area contributed by atoms with Crippen LogP contribution in [0.25, 0.3) is 0 Å². The number of carbonyl (C=O) groups is 1. The summed E-state index contributed by atoms with van der Waals surface area (Å²) < 4.78 is 10.2. The minimum atomic E-state index is -0.105. The van der Waals surface area contributed by atoms with Gasteiger partial charge in [-0.1, -0.05) is 0 Å². The zero-order chi connectivity index (χ0) is 12.3. The van der Waals surface area contributed by atoms with Crippen LogP contribution in [0.2, 0.25) is 0 Å². The van der Waals surface area contributed by atoms with Gasteiger partial charge in [0.05, 0.1) is 7.11 Å². The van der Waals surface area contributed by atoms with Gasteiger partial charge in [0, 0.05) is 19.3 Å². The molecule has 1 aliphatic carbocycles. The van der Waals surface area contributed by atoms with Crippen LogP contribution in [-0.4, -0.2) is 38.4 Å². The third kappa shape index (κ3) is 3.42. The largest absolute Gasteiger partial charge is 0.468 e. The van der Waals surface area contributed by atoms with Gasteiger partial charge in [-0.2, -0.15) is 0 Å². The van der Waals surface area contributed by atoms with Crippen molar-refractivity contribution < 1.29 is 14.3 Å². The Bertz CT molecular complexity index is 259. The summed E-state index contributed by atoms with van der Waals surface area (Å²) in [6.45, 7) is 3.88. The van der Waals surface area contributed by atoms with Crippen molar-refractivity contribution >= 4 is 5.97 Å². The highest BCUT2D eigenvalue weighted by Crippen LogP contribution is 2.34. The fourth-order valence-corrected chi connectivity index (χ4v) is 2.59. The van der Waals surface area contributed by atoms with Crippen LogP contribution in [0, 0.1) is 11.8 Å². The highest BCUT2D eigenvalue weighted by atomic mass is 16.5. The molecule has 17 heavy (non-hydrogen) atoms. The fourth-order valence-electron chi connectivity index (χ4n) is 2.59. The summed E-state index contributed by atoms with van der Waals surface area (Å²) in [5.74, 6) is 1.01. The molecule has 1 saturated heterocycles. The smallest absolute Gasteiger partial charge is 0.323 e. The summed E-state index contributed by atoms with van der Waals surface area (Å²) in [6, 6.07) is 0.265. The molecule has 2 atom stereocenters. The van der Waals surface area contributed by atoms with Gasteiger partial charge in [-0.3, -0.25) is 4.79 Å². The molecule has 4 heteroatoms. The Hall–Kier alpha value is -0.610. The van der Waals surface area contributed by atoms with Crippen molar-refractivity contribution in [2.45, 2.75) is 44.7 Å². The van der Waals surface area contributed by atoms with Gasteiger partial charge in [0.2, 0.25) is 0 Å². The lowest BCUT2D eigenvalue weighted by atomic mass is 9.92. The van der Waals surface area contributed by atoms with Crippen LogP contribution < -0.4 is 5.32 Å². The van der Waals surface area contributed by atoms with E-state index in [2.05, 4.69) is 12.2 Å². The molecule has 1 saturated carbocycles. The highest BCUT2D eigenvalue weighted by molar-refractivity contribution is 5.76. The zero-order valence-electron chi connectivity index (χ0n) is 10.8. The van der Waals surface area contributed by atoms with Crippen molar-refractivity contribution in [3.05, 3.63) is 0 Å². The minimum Gasteiger partial charge on any atom is -0.468 e. The number of carbonyl (C=O) groups excluding carboxylic acids is 1. The van der Waals surface area contributed by atoms with E-state index >= 15 is 0 Å². The summed E-state index contributed by atoms with van der Waals surface area (Å²) in [7, 11) is 1.47. The molecule has 2 rings (SSSR count). The van der Waals surface area contributed by atoms with Gasteiger partial charge in [-0.15, -0.1) is 0 Å². The number of hydrogen-bond donors (Lipinski definition) is 1. The van der Waals surface area contributed by atoms with E-state index in [-0.39, 0.29) is 12.0 Å². The van der Waals surface area contributed by atoms with E-state index in [9.17, 15) is 4.79 Å². The molecular weight excluding hydrogens is 218 g/mol. The molecule has 0 bridgehead atoms. The fraction of sp³-hybridized carbons (Fsp3) is 0.923. The molecule has 0 radical (unpaired) electrons. The van der Waals surface area contributed by atoms with Crippen LogP contribution in [0.15, 0.2) is 0 Å². The molecule has 1 N–H and O–H groups in total. The molecule has 2 fully saturated rings. The Labute approximate surface area is 103 Å². The first-order valence-corrected chi connectivity index (χ1v) is 6.64. The summed E-state index contributed by atoms with van der Waals surface area (Å²) >= 11 is 0. The van der Waals surface area contributed by atoms with E-state index < -0.39 is 0 Å². The lowest BCUT2D eigenvalue weighted by Crippen LogP contribution is -2.48. The minimum absolute atomic E-state index is 0.0992. The van der Waals surface area contributed by atoms with Crippen LogP contribution in [0.3, 0.4) is 0 Å². The average molecular weight is 241 g/mol. The van der Waals surface area contributed by atoms with Gasteiger partial charge >= 0.3 is 5.97 Å². The first kappa shape index (κ1) is 12.8. The molecule has 0 aromatic rings. The number of ether oxygens (including phenoxy) is 2. The van der Waals surface area contributed by atoms with Crippen molar-refractivity contribution in [1.29, 1.82) is 0 Å². The first-order chi connectivity index (χ1) is 8.22. The Kier molecular flexibility index (Phi) is 4.40. The van der Waals surface area contributed by atoms with E-state index in [1.54, 1.807) is 0 Å². The third-order valence-corrected chi connectivity index (χ3v) is 3.96. The van der Waals surface area contributed by atoms with Gasteiger partial charge in [-0.25, -0.2) is 0 Å². The van der Waals surface area contributed by atoms with Gasteiger partial charge in [-0.05, 0) is 44.4 Å². The number of methoxy groups -OCH3 is 1. The standard InChI is InChI=1S/C13H23NO3/c1-9(10-5-7-17-8-6-10)14-12(11-3-4-11)13(15)16-2/h9-12,14H,3-8H2,1-2H3. The van der Waals surface area contributed by atoms with Crippen molar-refractivity contribution in [3.8, 4) is 0 Å². The molecule has 1 heterocycles. The van der Waals surface area contributed by atoms with Gasteiger partial charge in [0.25, 0.3) is 0 Å². The third-order valence-electron chi connectivity index (χ3n) is 3.96. The molecule has 2 unspecified atom stereocenters. The van der Waals surface area contributed by atoms with Crippen molar-refractivity contribution in [2.75, 3.05) is 20.3 Å². The maximum Gasteiger partial charge on any atom is 0.323 e. The Morgan fingerprint density at radius 3 is 2.41 bits per heavy atom. The predicted octanol–water partition coefficient (Wildman–Crippen LogP) is 1.34. The quantitative estimate of drug-likeness (QED) is 0.738. The number of nitrogens with one attached hydrogen (secondary N) is 1. The molecule has 1 aliphatic heterocycles. The van der Waals surface area contributed by atoms with Crippen LogP contribution >= 0.6 is 0 Å². The molecule has 0 aromatic heterocycles. The highest BCUT2D eigenvalue weighted by Gasteiger charge is 2.38. The molecule has 0 aromatic carbocycles. The molecule has 2 aliphatic rings. The van der Waals surface area contributed by atoms with Crippen molar-refractivity contribution in [2.24, 2.45) is 11.8 Å². The lowest BCUT2D eigenvalue weighted by molar-refractivity contribution is -0.144. The van der Waals surface area contributed by atoms with Gasteiger partial charge in [0.1, 0.15) is 6.04 Å². The van der Waals surface area contributed by atoms with Crippen LogP contribution in [0.4, 0.5) is 0 Å². The SMILES string of the molecule is COC(=O)C(NC(C)C1CCOCC1)C1CC1. The van der Waals surface area contributed by atoms with Crippen LogP contribution in [0.5, 0.6) is 0 Å². The van der Waals surface area contributed by atoms with Crippen molar-refractivity contribution in [1.82, 2.24) is 5.32 Å². The van der Waals surface area contributed by atoms with E-state index in [1.807, 2.05) is 0 Å². The maximum atomic E-state index is 11.7. The molecule has 98 valence electrons. The number of hydrogen-bond acceptors (Lipinski definition) is 4. The summed E-state index contributed by atoms with van der Waals surface area (Å²) in [6.07, 6.45) is 4.47. The maximum absolute atomic E-state index is 11.7. The average Bonchev–Trinajstić information content (AvgIpc) is 3.20. The van der Waals surface area contributed by atoms with E-state index in [4.69, 9.17) is 9.47 Å².